The summed E-state index contributed by atoms with van der Waals surface area (Å²) >= 11 is 0. The van der Waals surface area contributed by atoms with Gasteiger partial charge >= 0.3 is 11.7 Å². The molecule has 0 radical (unpaired) electrons. The van der Waals surface area contributed by atoms with Crippen LogP contribution in [0.4, 0.5) is 5.69 Å². The van der Waals surface area contributed by atoms with Gasteiger partial charge in [-0.1, -0.05) is 36.4 Å². The van der Waals surface area contributed by atoms with Crippen LogP contribution in [-0.4, -0.2) is 30.6 Å². The molecule has 35 heavy (non-hydrogen) atoms. The Balaban J connectivity index is 1.62. The summed E-state index contributed by atoms with van der Waals surface area (Å²) < 4.78 is 9.07. The molecule has 10 heteroatoms. The fraction of sp³-hybridized carbons (Fsp3) is 0.240. The Hall–Kier alpha value is -4.47. The first-order valence-electron chi connectivity index (χ1n) is 10.9. The van der Waals surface area contributed by atoms with Crippen molar-refractivity contribution < 1.29 is 14.3 Å². The zero-order valence-electron chi connectivity index (χ0n) is 19.8. The van der Waals surface area contributed by atoms with Gasteiger partial charge in [0.15, 0.2) is 11.2 Å². The molecule has 0 saturated heterocycles. The molecule has 0 fully saturated rings. The minimum Gasteiger partial charge on any atom is -0.446 e. The predicted molar refractivity (Wildman–Crippen MR) is 130 cm³/mol. The molecular weight excluding hydrogens is 450 g/mol. The zero-order chi connectivity index (χ0) is 25.3. The third kappa shape index (κ3) is 4.77. The fourth-order valence-corrected chi connectivity index (χ4v) is 3.98. The second kappa shape index (κ2) is 9.41. The van der Waals surface area contributed by atoms with Crippen molar-refractivity contribution in [3.63, 3.8) is 0 Å². The molecule has 10 nitrogen and oxygen atoms in total. The van der Waals surface area contributed by atoms with E-state index in [0.717, 1.165) is 15.7 Å². The maximum atomic E-state index is 13.2. The molecule has 2 aromatic heterocycles. The van der Waals surface area contributed by atoms with Crippen LogP contribution in [0.15, 0.2) is 64.4 Å². The number of benzene rings is 2. The third-order valence-electron chi connectivity index (χ3n) is 5.60. The fourth-order valence-electron chi connectivity index (χ4n) is 3.98. The van der Waals surface area contributed by atoms with Gasteiger partial charge in [0.05, 0.1) is 6.33 Å². The smallest absolute Gasteiger partial charge is 0.332 e. The second-order valence-corrected chi connectivity index (χ2v) is 8.40. The molecule has 1 atom stereocenters. The van der Waals surface area contributed by atoms with E-state index in [2.05, 4.69) is 10.3 Å². The van der Waals surface area contributed by atoms with Gasteiger partial charge in [-0.25, -0.2) is 9.78 Å². The minimum absolute atomic E-state index is 0.0856. The van der Waals surface area contributed by atoms with E-state index in [0.29, 0.717) is 11.3 Å². The summed E-state index contributed by atoms with van der Waals surface area (Å²) in [6.45, 7) is 3.48. The van der Waals surface area contributed by atoms with Crippen molar-refractivity contribution in [2.45, 2.75) is 26.5 Å². The van der Waals surface area contributed by atoms with E-state index in [1.54, 1.807) is 30.3 Å². The van der Waals surface area contributed by atoms with Gasteiger partial charge in [-0.15, -0.1) is 0 Å². The van der Waals surface area contributed by atoms with E-state index in [1.807, 2.05) is 32.0 Å². The third-order valence-corrected chi connectivity index (χ3v) is 5.60. The number of anilines is 1. The SMILES string of the molecule is Cc1cc(C)cc(NC(=O)[C@@H](OC(=O)Cn2cnc3c2c(=O)n(C)c(=O)n3C)c2ccccc2)c1. The van der Waals surface area contributed by atoms with Crippen molar-refractivity contribution in [1.82, 2.24) is 18.7 Å². The number of hydrogen-bond donors (Lipinski definition) is 1. The lowest BCUT2D eigenvalue weighted by atomic mass is 10.1. The largest absolute Gasteiger partial charge is 0.446 e. The quantitative estimate of drug-likeness (QED) is 0.426. The second-order valence-electron chi connectivity index (χ2n) is 8.40. The molecule has 1 N–H and O–H groups in total. The topological polar surface area (TPSA) is 117 Å². The highest BCUT2D eigenvalue weighted by Crippen LogP contribution is 2.22. The standard InChI is InChI=1S/C25H25N5O5/c1-15-10-16(2)12-18(11-15)27-23(32)21(17-8-6-5-7-9-17)35-19(31)13-30-14-26-22-20(30)24(33)29(4)25(34)28(22)3/h5-12,14,21H,13H2,1-4H3,(H,27,32)/t21-/m0/s1. The Kier molecular flexibility index (Phi) is 6.37. The van der Waals surface area contributed by atoms with E-state index >= 15 is 0 Å². The average Bonchev–Trinajstić information content (AvgIpc) is 3.23. The van der Waals surface area contributed by atoms with Crippen LogP contribution in [0.1, 0.15) is 22.8 Å². The van der Waals surface area contributed by atoms with E-state index in [1.165, 1.54) is 29.6 Å². The summed E-state index contributed by atoms with van der Waals surface area (Å²) in [4.78, 5) is 55.0. The van der Waals surface area contributed by atoms with Crippen LogP contribution in [0.3, 0.4) is 0 Å². The number of imidazole rings is 1. The number of nitrogens with zero attached hydrogens (tertiary/aromatic N) is 4. The van der Waals surface area contributed by atoms with Gasteiger partial charge in [-0.3, -0.25) is 23.5 Å². The Morgan fingerprint density at radius 2 is 1.66 bits per heavy atom. The summed E-state index contributed by atoms with van der Waals surface area (Å²) in [5.74, 6) is -1.26. The molecule has 0 aliphatic heterocycles. The molecule has 0 aliphatic carbocycles. The number of aryl methyl sites for hydroxylation is 3. The monoisotopic (exact) mass is 475 g/mol. The van der Waals surface area contributed by atoms with Crippen molar-refractivity contribution >= 4 is 28.7 Å². The van der Waals surface area contributed by atoms with Gasteiger partial charge in [0.2, 0.25) is 6.10 Å². The number of nitrogens with one attached hydrogen (secondary N) is 1. The normalized spacial score (nSPS) is 11.9. The average molecular weight is 476 g/mol. The van der Waals surface area contributed by atoms with Crippen LogP contribution in [0, 0.1) is 13.8 Å². The first-order chi connectivity index (χ1) is 16.7. The minimum atomic E-state index is -1.22. The Morgan fingerprint density at radius 1 is 1.00 bits per heavy atom. The molecule has 2 heterocycles. The number of carbonyl (C=O) groups is 2. The molecule has 0 unspecified atom stereocenters. The van der Waals surface area contributed by atoms with Gasteiger partial charge in [-0.2, -0.15) is 0 Å². The van der Waals surface area contributed by atoms with E-state index in [9.17, 15) is 19.2 Å². The molecule has 0 bridgehead atoms. The molecule has 4 rings (SSSR count). The van der Waals surface area contributed by atoms with Crippen molar-refractivity contribution in [2.75, 3.05) is 5.32 Å². The lowest BCUT2D eigenvalue weighted by Gasteiger charge is -2.19. The van der Waals surface area contributed by atoms with Crippen LogP contribution in [0.2, 0.25) is 0 Å². The molecule has 2 aromatic carbocycles. The summed E-state index contributed by atoms with van der Waals surface area (Å²) in [7, 11) is 2.84. The molecule has 0 spiro atoms. The highest BCUT2D eigenvalue weighted by atomic mass is 16.5. The molecule has 1 amide bonds. The molecule has 0 saturated carbocycles. The van der Waals surface area contributed by atoms with Crippen LogP contribution < -0.4 is 16.6 Å². The van der Waals surface area contributed by atoms with Crippen LogP contribution in [0.5, 0.6) is 0 Å². The number of fused-ring (bicyclic) bond motifs is 1. The predicted octanol–water partition coefficient (Wildman–Crippen LogP) is 1.97. The summed E-state index contributed by atoms with van der Waals surface area (Å²) in [5, 5.41) is 2.82. The molecule has 0 aliphatic rings. The molecular formula is C25H25N5O5. The Bertz CT molecular complexity index is 1530. The first-order valence-corrected chi connectivity index (χ1v) is 10.9. The van der Waals surface area contributed by atoms with Crippen molar-refractivity contribution in [3.05, 3.63) is 92.4 Å². The zero-order valence-corrected chi connectivity index (χ0v) is 19.8. The number of ether oxygens (including phenoxy) is 1. The highest BCUT2D eigenvalue weighted by molar-refractivity contribution is 5.96. The highest BCUT2D eigenvalue weighted by Gasteiger charge is 2.26. The lowest BCUT2D eigenvalue weighted by molar-refractivity contribution is -0.155. The van der Waals surface area contributed by atoms with Crippen molar-refractivity contribution in [2.24, 2.45) is 14.1 Å². The Morgan fingerprint density at radius 3 is 2.31 bits per heavy atom. The number of carbonyl (C=O) groups excluding carboxylic acids is 2. The maximum absolute atomic E-state index is 13.2. The van der Waals surface area contributed by atoms with Gasteiger partial charge in [0, 0.05) is 25.3 Å². The van der Waals surface area contributed by atoms with Crippen molar-refractivity contribution in [1.29, 1.82) is 0 Å². The number of hydrogen-bond acceptors (Lipinski definition) is 6. The van der Waals surface area contributed by atoms with Crippen LogP contribution >= 0.6 is 0 Å². The Labute approximate surface area is 200 Å². The van der Waals surface area contributed by atoms with Crippen LogP contribution in [0.25, 0.3) is 11.2 Å². The molecule has 180 valence electrons. The van der Waals surface area contributed by atoms with Gasteiger partial charge in [-0.05, 0) is 37.1 Å². The number of amides is 1. The summed E-state index contributed by atoms with van der Waals surface area (Å²) in [6.07, 6.45) is 0.0753. The lowest BCUT2D eigenvalue weighted by Crippen LogP contribution is -2.37. The number of rotatable bonds is 6. The van der Waals surface area contributed by atoms with E-state index in [-0.39, 0.29) is 17.7 Å². The van der Waals surface area contributed by atoms with Crippen LogP contribution in [-0.2, 0) is 35.0 Å². The van der Waals surface area contributed by atoms with Gasteiger partial charge in [0.25, 0.3) is 11.5 Å². The van der Waals surface area contributed by atoms with E-state index < -0.39 is 29.2 Å². The maximum Gasteiger partial charge on any atom is 0.332 e. The summed E-state index contributed by atoms with van der Waals surface area (Å²) in [6, 6.07) is 14.3. The number of esters is 1. The first kappa shape index (κ1) is 23.7. The van der Waals surface area contributed by atoms with Gasteiger partial charge < -0.3 is 14.6 Å². The number of aromatic nitrogens is 4. The molecule has 4 aromatic rings. The van der Waals surface area contributed by atoms with Crippen molar-refractivity contribution in [3.8, 4) is 0 Å². The summed E-state index contributed by atoms with van der Waals surface area (Å²) in [5.41, 5.74) is 2.18. The van der Waals surface area contributed by atoms with E-state index in [4.69, 9.17) is 4.74 Å². The van der Waals surface area contributed by atoms with Gasteiger partial charge in [0.1, 0.15) is 6.54 Å².